The standard InChI is InChI=1S/C14H20N2O2/c1-9(2)18-13-4-11(5-16-8-13)14(17)10(3)12-6-15-7-12/h4-5,8-10,12,15H,6-7H2,1-3H3. The highest BCUT2D eigenvalue weighted by Crippen LogP contribution is 2.22. The minimum Gasteiger partial charge on any atom is -0.489 e. The minimum atomic E-state index is 0.0438. The molecule has 1 atom stereocenters. The first-order valence-electron chi connectivity index (χ1n) is 6.44. The second kappa shape index (κ2) is 5.48. The van der Waals surface area contributed by atoms with Gasteiger partial charge in [0.1, 0.15) is 5.75 Å². The van der Waals surface area contributed by atoms with E-state index >= 15 is 0 Å². The second-order valence-corrected chi connectivity index (χ2v) is 5.15. The molecule has 18 heavy (non-hydrogen) atoms. The molecule has 1 aromatic rings. The van der Waals surface area contributed by atoms with Crippen LogP contribution in [0, 0.1) is 11.8 Å². The molecule has 0 aromatic carbocycles. The van der Waals surface area contributed by atoms with Crippen molar-refractivity contribution < 1.29 is 9.53 Å². The lowest BCUT2D eigenvalue weighted by molar-refractivity contribution is 0.0853. The Hall–Kier alpha value is -1.42. The van der Waals surface area contributed by atoms with Crippen molar-refractivity contribution in [2.45, 2.75) is 26.9 Å². The van der Waals surface area contributed by atoms with Gasteiger partial charge in [-0.25, -0.2) is 0 Å². The summed E-state index contributed by atoms with van der Waals surface area (Å²) in [6.07, 6.45) is 3.36. The normalized spacial score (nSPS) is 17.3. The predicted octanol–water partition coefficient (Wildman–Crippen LogP) is 1.91. The Morgan fingerprint density at radius 2 is 2.11 bits per heavy atom. The number of rotatable bonds is 5. The van der Waals surface area contributed by atoms with E-state index in [9.17, 15) is 4.79 Å². The number of ether oxygens (including phenoxy) is 1. The van der Waals surface area contributed by atoms with Crippen LogP contribution >= 0.6 is 0 Å². The average Bonchev–Trinajstić information content (AvgIpc) is 2.25. The van der Waals surface area contributed by atoms with Crippen LogP contribution in [0.25, 0.3) is 0 Å². The molecule has 2 heterocycles. The van der Waals surface area contributed by atoms with Gasteiger partial charge >= 0.3 is 0 Å². The quantitative estimate of drug-likeness (QED) is 0.809. The molecule has 2 rings (SSSR count). The fourth-order valence-electron chi connectivity index (χ4n) is 2.03. The maximum atomic E-state index is 12.3. The van der Waals surface area contributed by atoms with Crippen molar-refractivity contribution in [2.24, 2.45) is 11.8 Å². The smallest absolute Gasteiger partial charge is 0.167 e. The van der Waals surface area contributed by atoms with Crippen LogP contribution in [0.2, 0.25) is 0 Å². The second-order valence-electron chi connectivity index (χ2n) is 5.15. The Morgan fingerprint density at radius 1 is 1.39 bits per heavy atom. The molecule has 0 amide bonds. The molecule has 0 spiro atoms. The summed E-state index contributed by atoms with van der Waals surface area (Å²) in [7, 11) is 0. The van der Waals surface area contributed by atoms with Gasteiger partial charge in [-0.2, -0.15) is 0 Å². The molecule has 4 nitrogen and oxygen atoms in total. The molecule has 1 fully saturated rings. The van der Waals surface area contributed by atoms with Gasteiger partial charge in [0.15, 0.2) is 5.78 Å². The third-order valence-corrected chi connectivity index (χ3v) is 3.30. The van der Waals surface area contributed by atoms with Crippen molar-refractivity contribution >= 4 is 5.78 Å². The molecular weight excluding hydrogens is 228 g/mol. The van der Waals surface area contributed by atoms with Gasteiger partial charge in [0.2, 0.25) is 0 Å². The summed E-state index contributed by atoms with van der Waals surface area (Å²) in [6, 6.07) is 1.79. The zero-order chi connectivity index (χ0) is 13.1. The molecule has 1 saturated heterocycles. The summed E-state index contributed by atoms with van der Waals surface area (Å²) in [5.74, 6) is 1.31. The zero-order valence-electron chi connectivity index (χ0n) is 11.1. The van der Waals surface area contributed by atoms with Gasteiger partial charge in [-0.3, -0.25) is 9.78 Å². The number of Topliss-reactive ketones (excluding diaryl/α,β-unsaturated/α-hetero) is 1. The molecule has 1 aliphatic rings. The summed E-state index contributed by atoms with van der Waals surface area (Å²) in [5.41, 5.74) is 0.646. The maximum absolute atomic E-state index is 12.3. The molecule has 0 saturated carbocycles. The molecule has 0 bridgehead atoms. The Labute approximate surface area is 108 Å². The van der Waals surface area contributed by atoms with Crippen LogP contribution in [0.3, 0.4) is 0 Å². The molecule has 1 unspecified atom stereocenters. The minimum absolute atomic E-state index is 0.0438. The van der Waals surface area contributed by atoms with Gasteiger partial charge in [0.05, 0.1) is 12.3 Å². The summed E-state index contributed by atoms with van der Waals surface area (Å²) >= 11 is 0. The van der Waals surface area contributed by atoms with Crippen molar-refractivity contribution in [2.75, 3.05) is 13.1 Å². The van der Waals surface area contributed by atoms with Crippen LogP contribution in [0.1, 0.15) is 31.1 Å². The average molecular weight is 248 g/mol. The summed E-state index contributed by atoms with van der Waals surface area (Å²) in [6.45, 7) is 7.77. The zero-order valence-corrected chi connectivity index (χ0v) is 11.1. The van der Waals surface area contributed by atoms with E-state index in [4.69, 9.17) is 4.74 Å². The monoisotopic (exact) mass is 248 g/mol. The fraction of sp³-hybridized carbons (Fsp3) is 0.571. The fourth-order valence-corrected chi connectivity index (χ4v) is 2.03. The number of nitrogens with one attached hydrogen (secondary N) is 1. The largest absolute Gasteiger partial charge is 0.489 e. The number of carbonyl (C=O) groups is 1. The highest BCUT2D eigenvalue weighted by Gasteiger charge is 2.29. The lowest BCUT2D eigenvalue weighted by Crippen LogP contribution is -2.47. The Bertz CT molecular complexity index is 428. The first-order chi connectivity index (χ1) is 8.58. The van der Waals surface area contributed by atoms with Crippen LogP contribution in [0.15, 0.2) is 18.5 Å². The van der Waals surface area contributed by atoms with E-state index < -0.39 is 0 Å². The van der Waals surface area contributed by atoms with Gasteiger partial charge in [-0.05, 0) is 38.9 Å². The Balaban J connectivity index is 2.09. The van der Waals surface area contributed by atoms with E-state index in [0.29, 0.717) is 17.2 Å². The van der Waals surface area contributed by atoms with E-state index in [-0.39, 0.29) is 17.8 Å². The van der Waals surface area contributed by atoms with E-state index in [1.807, 2.05) is 20.8 Å². The molecule has 1 aromatic heterocycles. The van der Waals surface area contributed by atoms with Gasteiger partial charge in [-0.15, -0.1) is 0 Å². The first kappa shape index (κ1) is 13.0. The van der Waals surface area contributed by atoms with E-state index in [1.54, 1.807) is 18.5 Å². The van der Waals surface area contributed by atoms with E-state index in [1.165, 1.54) is 0 Å². The molecule has 4 heteroatoms. The number of hydrogen-bond acceptors (Lipinski definition) is 4. The number of carbonyl (C=O) groups excluding carboxylic acids is 1. The van der Waals surface area contributed by atoms with E-state index in [2.05, 4.69) is 10.3 Å². The van der Waals surface area contributed by atoms with Crippen molar-refractivity contribution in [3.8, 4) is 5.75 Å². The number of aromatic nitrogens is 1. The van der Waals surface area contributed by atoms with Gasteiger partial charge in [0, 0.05) is 17.7 Å². The molecule has 0 radical (unpaired) electrons. The lowest BCUT2D eigenvalue weighted by atomic mass is 9.84. The van der Waals surface area contributed by atoms with Crippen molar-refractivity contribution in [1.82, 2.24) is 10.3 Å². The van der Waals surface area contributed by atoms with Crippen LogP contribution in [-0.4, -0.2) is 30.0 Å². The third-order valence-electron chi connectivity index (χ3n) is 3.30. The molecule has 0 aliphatic carbocycles. The van der Waals surface area contributed by atoms with Crippen LogP contribution < -0.4 is 10.1 Å². The summed E-state index contributed by atoms with van der Waals surface area (Å²) in [5, 5.41) is 3.19. The van der Waals surface area contributed by atoms with Crippen molar-refractivity contribution in [3.63, 3.8) is 0 Å². The summed E-state index contributed by atoms with van der Waals surface area (Å²) < 4.78 is 5.56. The van der Waals surface area contributed by atoms with Gasteiger partial charge in [-0.1, -0.05) is 6.92 Å². The topological polar surface area (TPSA) is 51.2 Å². The van der Waals surface area contributed by atoms with Crippen molar-refractivity contribution in [3.05, 3.63) is 24.0 Å². The van der Waals surface area contributed by atoms with Crippen LogP contribution in [0.4, 0.5) is 0 Å². The molecule has 1 aliphatic heterocycles. The highest BCUT2D eigenvalue weighted by atomic mass is 16.5. The lowest BCUT2D eigenvalue weighted by Gasteiger charge is -2.31. The Morgan fingerprint density at radius 3 is 2.67 bits per heavy atom. The number of pyridine rings is 1. The number of hydrogen-bond donors (Lipinski definition) is 1. The van der Waals surface area contributed by atoms with Crippen molar-refractivity contribution in [1.29, 1.82) is 0 Å². The van der Waals surface area contributed by atoms with Gasteiger partial charge in [0.25, 0.3) is 0 Å². The van der Waals surface area contributed by atoms with Gasteiger partial charge < -0.3 is 10.1 Å². The molecule has 1 N–H and O–H groups in total. The van der Waals surface area contributed by atoms with Crippen LogP contribution in [0.5, 0.6) is 5.75 Å². The first-order valence-corrected chi connectivity index (χ1v) is 6.44. The number of ketones is 1. The Kier molecular flexibility index (Phi) is 3.97. The maximum Gasteiger partial charge on any atom is 0.167 e. The third kappa shape index (κ3) is 2.88. The SMILES string of the molecule is CC(C)Oc1cncc(C(=O)C(C)C2CNC2)c1. The number of nitrogens with zero attached hydrogens (tertiary/aromatic N) is 1. The van der Waals surface area contributed by atoms with E-state index in [0.717, 1.165) is 13.1 Å². The summed E-state index contributed by atoms with van der Waals surface area (Å²) in [4.78, 5) is 16.4. The van der Waals surface area contributed by atoms with Crippen LogP contribution in [-0.2, 0) is 0 Å². The predicted molar refractivity (Wildman–Crippen MR) is 69.9 cm³/mol. The highest BCUT2D eigenvalue weighted by molar-refractivity contribution is 5.97. The molecule has 98 valence electrons. The molecular formula is C14H20N2O2.